The molecule has 1 aromatic heterocycles. The SMILES string of the molecule is CNCCCc1c(C)nc(C2CSCCS2)nc1C. The molecular weight excluding hydrogens is 274 g/mol. The molecule has 1 atom stereocenters. The highest BCUT2D eigenvalue weighted by molar-refractivity contribution is 8.06. The Kier molecular flexibility index (Phi) is 5.98. The van der Waals surface area contributed by atoms with Gasteiger partial charge in [0.05, 0.1) is 5.25 Å². The Balaban J connectivity index is 2.11. The molecular formula is C14H23N3S2. The highest BCUT2D eigenvalue weighted by Gasteiger charge is 2.20. The molecule has 3 nitrogen and oxygen atoms in total. The van der Waals surface area contributed by atoms with E-state index in [9.17, 15) is 0 Å². The van der Waals surface area contributed by atoms with Crippen LogP contribution in [0.5, 0.6) is 0 Å². The molecule has 2 rings (SSSR count). The van der Waals surface area contributed by atoms with Crippen LogP contribution >= 0.6 is 23.5 Å². The average molecular weight is 297 g/mol. The fraction of sp³-hybridized carbons (Fsp3) is 0.714. The first kappa shape index (κ1) is 15.1. The Morgan fingerprint density at radius 3 is 2.53 bits per heavy atom. The predicted octanol–water partition coefficient (Wildman–Crippen LogP) is 2.77. The van der Waals surface area contributed by atoms with Crippen molar-refractivity contribution in [3.8, 4) is 0 Å². The minimum absolute atomic E-state index is 0.488. The molecule has 1 unspecified atom stereocenters. The first-order chi connectivity index (χ1) is 9.22. The quantitative estimate of drug-likeness (QED) is 0.846. The Labute approximate surface area is 124 Å². The van der Waals surface area contributed by atoms with Crippen LogP contribution in [0.25, 0.3) is 0 Å². The van der Waals surface area contributed by atoms with Crippen molar-refractivity contribution in [2.75, 3.05) is 30.9 Å². The molecule has 0 radical (unpaired) electrons. The maximum Gasteiger partial charge on any atom is 0.142 e. The summed E-state index contributed by atoms with van der Waals surface area (Å²) in [5.41, 5.74) is 3.69. The second-order valence-corrected chi connectivity index (χ2v) is 7.33. The maximum absolute atomic E-state index is 4.77. The largest absolute Gasteiger partial charge is 0.320 e. The van der Waals surface area contributed by atoms with Gasteiger partial charge in [-0.1, -0.05) is 0 Å². The van der Waals surface area contributed by atoms with Gasteiger partial charge in [-0.05, 0) is 45.8 Å². The molecule has 0 amide bonds. The summed E-state index contributed by atoms with van der Waals surface area (Å²) < 4.78 is 0. The second kappa shape index (κ2) is 7.50. The number of nitrogens with one attached hydrogen (secondary N) is 1. The van der Waals surface area contributed by atoms with Crippen LogP contribution in [0, 0.1) is 13.8 Å². The lowest BCUT2D eigenvalue weighted by molar-refractivity contribution is 0.711. The molecule has 0 aromatic carbocycles. The zero-order valence-electron chi connectivity index (χ0n) is 12.0. The van der Waals surface area contributed by atoms with E-state index >= 15 is 0 Å². The van der Waals surface area contributed by atoms with E-state index < -0.39 is 0 Å². The summed E-state index contributed by atoms with van der Waals surface area (Å²) in [4.78, 5) is 9.54. The predicted molar refractivity (Wildman–Crippen MR) is 86.3 cm³/mol. The van der Waals surface area contributed by atoms with Crippen molar-refractivity contribution >= 4 is 23.5 Å². The van der Waals surface area contributed by atoms with E-state index in [2.05, 4.69) is 19.2 Å². The summed E-state index contributed by atoms with van der Waals surface area (Å²) in [7, 11) is 2.00. The van der Waals surface area contributed by atoms with Gasteiger partial charge in [-0.15, -0.1) is 11.8 Å². The topological polar surface area (TPSA) is 37.8 Å². The molecule has 1 N–H and O–H groups in total. The smallest absolute Gasteiger partial charge is 0.142 e. The number of thioether (sulfide) groups is 2. The van der Waals surface area contributed by atoms with E-state index in [1.807, 2.05) is 30.6 Å². The first-order valence-corrected chi connectivity index (χ1v) is 9.10. The third kappa shape index (κ3) is 4.10. The fourth-order valence-electron chi connectivity index (χ4n) is 2.35. The van der Waals surface area contributed by atoms with Gasteiger partial charge in [0.1, 0.15) is 5.82 Å². The van der Waals surface area contributed by atoms with E-state index in [1.165, 1.54) is 28.5 Å². The molecule has 1 aliphatic rings. The fourth-order valence-corrected chi connectivity index (χ4v) is 4.95. The van der Waals surface area contributed by atoms with Gasteiger partial charge in [-0.2, -0.15) is 11.8 Å². The average Bonchev–Trinajstić information content (AvgIpc) is 2.43. The van der Waals surface area contributed by atoms with E-state index in [-0.39, 0.29) is 0 Å². The van der Waals surface area contributed by atoms with Gasteiger partial charge < -0.3 is 5.32 Å². The van der Waals surface area contributed by atoms with Crippen LogP contribution < -0.4 is 5.32 Å². The van der Waals surface area contributed by atoms with Crippen molar-refractivity contribution in [3.05, 3.63) is 22.8 Å². The lowest BCUT2D eigenvalue weighted by Crippen LogP contribution is -2.14. The van der Waals surface area contributed by atoms with E-state index in [4.69, 9.17) is 9.97 Å². The van der Waals surface area contributed by atoms with Crippen molar-refractivity contribution in [1.29, 1.82) is 0 Å². The summed E-state index contributed by atoms with van der Waals surface area (Å²) in [5, 5.41) is 3.68. The number of hydrogen-bond donors (Lipinski definition) is 1. The molecule has 1 aliphatic heterocycles. The molecule has 0 aliphatic carbocycles. The van der Waals surface area contributed by atoms with Crippen molar-refractivity contribution < 1.29 is 0 Å². The molecule has 0 bridgehead atoms. The molecule has 106 valence electrons. The van der Waals surface area contributed by atoms with Gasteiger partial charge in [-0.3, -0.25) is 0 Å². The molecule has 1 fully saturated rings. The number of aromatic nitrogens is 2. The van der Waals surface area contributed by atoms with Crippen LogP contribution in [-0.2, 0) is 6.42 Å². The maximum atomic E-state index is 4.77. The highest BCUT2D eigenvalue weighted by Crippen LogP contribution is 2.35. The third-order valence-corrected chi connectivity index (χ3v) is 6.15. The van der Waals surface area contributed by atoms with Crippen molar-refractivity contribution in [3.63, 3.8) is 0 Å². The van der Waals surface area contributed by atoms with Crippen LogP contribution in [0.4, 0.5) is 0 Å². The molecule has 2 heterocycles. The summed E-state index contributed by atoms with van der Waals surface area (Å²) >= 11 is 4.03. The van der Waals surface area contributed by atoms with E-state index in [0.717, 1.165) is 31.0 Å². The van der Waals surface area contributed by atoms with Gasteiger partial charge in [-0.25, -0.2) is 9.97 Å². The lowest BCUT2D eigenvalue weighted by atomic mass is 10.1. The summed E-state index contributed by atoms with van der Waals surface area (Å²) in [6.07, 6.45) is 2.22. The number of nitrogens with zero attached hydrogens (tertiary/aromatic N) is 2. The van der Waals surface area contributed by atoms with Crippen molar-refractivity contribution in [1.82, 2.24) is 15.3 Å². The van der Waals surface area contributed by atoms with Gasteiger partial charge >= 0.3 is 0 Å². The van der Waals surface area contributed by atoms with Crippen molar-refractivity contribution in [2.45, 2.75) is 31.9 Å². The van der Waals surface area contributed by atoms with Gasteiger partial charge in [0.2, 0.25) is 0 Å². The number of hydrogen-bond acceptors (Lipinski definition) is 5. The first-order valence-electron chi connectivity index (χ1n) is 6.90. The van der Waals surface area contributed by atoms with Gasteiger partial charge in [0, 0.05) is 28.6 Å². The Bertz CT molecular complexity index is 394. The van der Waals surface area contributed by atoms with E-state index in [0.29, 0.717) is 5.25 Å². The molecule has 1 aromatic rings. The molecule has 0 spiro atoms. The highest BCUT2D eigenvalue weighted by atomic mass is 32.2. The van der Waals surface area contributed by atoms with Crippen molar-refractivity contribution in [2.24, 2.45) is 0 Å². The Morgan fingerprint density at radius 1 is 1.21 bits per heavy atom. The minimum Gasteiger partial charge on any atom is -0.320 e. The van der Waals surface area contributed by atoms with Crippen LogP contribution in [0.2, 0.25) is 0 Å². The van der Waals surface area contributed by atoms with Crippen LogP contribution in [0.15, 0.2) is 0 Å². The normalized spacial score (nSPS) is 19.6. The minimum atomic E-state index is 0.488. The lowest BCUT2D eigenvalue weighted by Gasteiger charge is -2.21. The monoisotopic (exact) mass is 297 g/mol. The zero-order valence-corrected chi connectivity index (χ0v) is 13.7. The molecule has 19 heavy (non-hydrogen) atoms. The Hall–Kier alpha value is -0.260. The molecule has 0 saturated carbocycles. The number of rotatable bonds is 5. The molecule has 5 heteroatoms. The van der Waals surface area contributed by atoms with Crippen LogP contribution in [0.1, 0.15) is 34.4 Å². The van der Waals surface area contributed by atoms with E-state index in [1.54, 1.807) is 0 Å². The van der Waals surface area contributed by atoms with Gasteiger partial charge in [0.15, 0.2) is 0 Å². The molecule has 1 saturated heterocycles. The summed E-state index contributed by atoms with van der Waals surface area (Å²) in [6.45, 7) is 5.32. The summed E-state index contributed by atoms with van der Waals surface area (Å²) in [5.74, 6) is 4.69. The third-order valence-electron chi connectivity index (χ3n) is 3.40. The van der Waals surface area contributed by atoms with Crippen LogP contribution in [0.3, 0.4) is 0 Å². The van der Waals surface area contributed by atoms with Gasteiger partial charge in [0.25, 0.3) is 0 Å². The summed E-state index contributed by atoms with van der Waals surface area (Å²) in [6, 6.07) is 0. The standard InChI is InChI=1S/C14H23N3S2/c1-10-12(5-4-6-15-3)11(2)17-14(16-10)13-9-18-7-8-19-13/h13,15H,4-9H2,1-3H3. The number of aryl methyl sites for hydroxylation is 2. The van der Waals surface area contributed by atoms with Crippen LogP contribution in [-0.4, -0.2) is 40.8 Å². The zero-order chi connectivity index (χ0) is 13.7. The Morgan fingerprint density at radius 2 is 1.95 bits per heavy atom. The second-order valence-electron chi connectivity index (χ2n) is 4.87.